The van der Waals surface area contributed by atoms with E-state index < -0.39 is 6.10 Å². The third-order valence-corrected chi connectivity index (χ3v) is 3.52. The normalized spacial score (nSPS) is 12.9. The van der Waals surface area contributed by atoms with Crippen LogP contribution in [-0.4, -0.2) is 9.67 Å². The molecular formula is C16H17NO4. The molecule has 0 amide bonds. The topological polar surface area (TPSA) is 68.5 Å². The number of oxazole rings is 1. The summed E-state index contributed by atoms with van der Waals surface area (Å²) in [6.07, 6.45) is 1.59. The van der Waals surface area contributed by atoms with Gasteiger partial charge in [-0.25, -0.2) is 4.79 Å². The number of furan rings is 1. The number of aryl methyl sites for hydroxylation is 2. The highest BCUT2D eigenvalue weighted by molar-refractivity contribution is 5.74. The zero-order valence-corrected chi connectivity index (χ0v) is 12.0. The van der Waals surface area contributed by atoms with E-state index in [0.717, 1.165) is 17.7 Å². The van der Waals surface area contributed by atoms with E-state index in [1.54, 1.807) is 28.8 Å². The van der Waals surface area contributed by atoms with Gasteiger partial charge in [0.05, 0.1) is 11.8 Å². The molecule has 1 N–H and O–H groups in total. The molecule has 0 saturated heterocycles. The van der Waals surface area contributed by atoms with Crippen molar-refractivity contribution < 1.29 is 13.9 Å². The fraction of sp³-hybridized carbons (Fsp3) is 0.312. The number of fused-ring (bicyclic) bond motifs is 1. The van der Waals surface area contributed by atoms with Gasteiger partial charge in [-0.2, -0.15) is 0 Å². The maximum Gasteiger partial charge on any atom is 0.419 e. The predicted octanol–water partition coefficient (Wildman–Crippen LogP) is 2.99. The van der Waals surface area contributed by atoms with E-state index in [0.29, 0.717) is 23.3 Å². The van der Waals surface area contributed by atoms with Crippen molar-refractivity contribution in [3.8, 4) is 0 Å². The summed E-state index contributed by atoms with van der Waals surface area (Å²) in [6.45, 7) is 4.45. The van der Waals surface area contributed by atoms with Crippen LogP contribution >= 0.6 is 0 Å². The second kappa shape index (κ2) is 5.26. The van der Waals surface area contributed by atoms with E-state index in [4.69, 9.17) is 8.83 Å². The first-order valence-electron chi connectivity index (χ1n) is 6.96. The largest absolute Gasteiger partial charge is 0.469 e. The molecule has 0 fully saturated rings. The van der Waals surface area contributed by atoms with Crippen molar-refractivity contribution in [3.63, 3.8) is 0 Å². The summed E-state index contributed by atoms with van der Waals surface area (Å²) < 4.78 is 12.1. The van der Waals surface area contributed by atoms with E-state index in [9.17, 15) is 9.90 Å². The quantitative estimate of drug-likeness (QED) is 0.801. The van der Waals surface area contributed by atoms with Crippen molar-refractivity contribution in [2.45, 2.75) is 32.9 Å². The molecule has 5 nitrogen and oxygen atoms in total. The Morgan fingerprint density at radius 3 is 2.76 bits per heavy atom. The summed E-state index contributed by atoms with van der Waals surface area (Å²) in [4.78, 5) is 11.8. The monoisotopic (exact) mass is 287 g/mol. The molecule has 2 heterocycles. The molecule has 0 saturated carbocycles. The van der Waals surface area contributed by atoms with Gasteiger partial charge < -0.3 is 13.9 Å². The fourth-order valence-corrected chi connectivity index (χ4v) is 2.49. The summed E-state index contributed by atoms with van der Waals surface area (Å²) >= 11 is 0. The van der Waals surface area contributed by atoms with Gasteiger partial charge in [-0.15, -0.1) is 0 Å². The first kappa shape index (κ1) is 13.7. The molecule has 0 spiro atoms. The summed E-state index contributed by atoms with van der Waals surface area (Å²) in [5.74, 6) is 0.378. The number of hydrogen-bond donors (Lipinski definition) is 1. The maximum absolute atomic E-state index is 11.8. The molecule has 110 valence electrons. The molecule has 0 aliphatic rings. The highest BCUT2D eigenvalue weighted by Gasteiger charge is 2.16. The molecule has 1 aromatic carbocycles. The third-order valence-electron chi connectivity index (χ3n) is 3.52. The first-order valence-corrected chi connectivity index (χ1v) is 6.96. The van der Waals surface area contributed by atoms with Crippen molar-refractivity contribution in [1.82, 2.24) is 4.57 Å². The Kier molecular flexibility index (Phi) is 3.43. The lowest BCUT2D eigenvalue weighted by molar-refractivity contribution is 0.219. The van der Waals surface area contributed by atoms with Gasteiger partial charge in [0, 0.05) is 12.1 Å². The zero-order chi connectivity index (χ0) is 15.0. The Morgan fingerprint density at radius 1 is 1.29 bits per heavy atom. The van der Waals surface area contributed by atoms with E-state index in [1.165, 1.54) is 6.26 Å². The standard InChI is InChI=1S/C16H17NO4/c1-3-6-17-13-5-4-11(8-14(13)21-16(17)19)15(18)12-7-10(2)20-9-12/h4-5,7-9,15,18H,3,6H2,1-2H3. The Balaban J connectivity index is 2.03. The lowest BCUT2D eigenvalue weighted by Gasteiger charge is -2.08. The van der Waals surface area contributed by atoms with Crippen molar-refractivity contribution in [1.29, 1.82) is 0 Å². The van der Waals surface area contributed by atoms with Crippen LogP contribution in [0.2, 0.25) is 0 Å². The first-order chi connectivity index (χ1) is 10.1. The number of benzene rings is 1. The number of aliphatic hydroxyl groups is 1. The molecular weight excluding hydrogens is 270 g/mol. The van der Waals surface area contributed by atoms with E-state index >= 15 is 0 Å². The average Bonchev–Trinajstić information content (AvgIpc) is 3.02. The second-order valence-corrected chi connectivity index (χ2v) is 5.14. The van der Waals surface area contributed by atoms with Gasteiger partial charge in [0.1, 0.15) is 11.9 Å². The fourth-order valence-electron chi connectivity index (χ4n) is 2.49. The molecule has 0 radical (unpaired) electrons. The van der Waals surface area contributed by atoms with Crippen LogP contribution in [0.1, 0.15) is 36.3 Å². The smallest absolute Gasteiger partial charge is 0.419 e. The highest BCUT2D eigenvalue weighted by atomic mass is 16.4. The molecule has 3 aromatic rings. The van der Waals surface area contributed by atoms with Gasteiger partial charge in [-0.1, -0.05) is 13.0 Å². The zero-order valence-electron chi connectivity index (χ0n) is 12.0. The van der Waals surface area contributed by atoms with Gasteiger partial charge in [0.15, 0.2) is 5.58 Å². The van der Waals surface area contributed by atoms with Crippen molar-refractivity contribution in [2.75, 3.05) is 0 Å². The number of rotatable bonds is 4. The van der Waals surface area contributed by atoms with Crippen LogP contribution in [-0.2, 0) is 6.54 Å². The second-order valence-electron chi connectivity index (χ2n) is 5.14. The molecule has 0 aliphatic heterocycles. The van der Waals surface area contributed by atoms with Gasteiger partial charge in [-0.3, -0.25) is 4.57 Å². The summed E-state index contributed by atoms with van der Waals surface area (Å²) in [7, 11) is 0. The lowest BCUT2D eigenvalue weighted by atomic mass is 10.0. The minimum atomic E-state index is -0.799. The van der Waals surface area contributed by atoms with Gasteiger partial charge >= 0.3 is 5.76 Å². The Hall–Kier alpha value is -2.27. The summed E-state index contributed by atoms with van der Waals surface area (Å²) in [5, 5.41) is 10.4. The Bertz CT molecular complexity index is 824. The predicted molar refractivity (Wildman–Crippen MR) is 78.3 cm³/mol. The minimum Gasteiger partial charge on any atom is -0.469 e. The van der Waals surface area contributed by atoms with E-state index in [-0.39, 0.29) is 5.76 Å². The van der Waals surface area contributed by atoms with Gasteiger partial charge in [-0.05, 0) is 37.1 Å². The van der Waals surface area contributed by atoms with Crippen molar-refractivity contribution >= 4 is 11.1 Å². The summed E-state index contributed by atoms with van der Waals surface area (Å²) in [6, 6.07) is 7.10. The van der Waals surface area contributed by atoms with E-state index in [2.05, 4.69) is 0 Å². The van der Waals surface area contributed by atoms with Crippen LogP contribution in [0.4, 0.5) is 0 Å². The van der Waals surface area contributed by atoms with Gasteiger partial charge in [0.2, 0.25) is 0 Å². The molecule has 21 heavy (non-hydrogen) atoms. The third kappa shape index (κ3) is 2.40. The maximum atomic E-state index is 11.8. The van der Waals surface area contributed by atoms with E-state index in [1.807, 2.05) is 13.8 Å². The molecule has 0 aliphatic carbocycles. The molecule has 3 rings (SSSR count). The van der Waals surface area contributed by atoms with Crippen LogP contribution < -0.4 is 5.76 Å². The van der Waals surface area contributed by atoms with Crippen molar-refractivity contribution in [2.24, 2.45) is 0 Å². The van der Waals surface area contributed by atoms with Crippen molar-refractivity contribution in [3.05, 3.63) is 58.0 Å². The molecule has 2 aromatic heterocycles. The van der Waals surface area contributed by atoms with Crippen LogP contribution in [0.15, 0.2) is 44.2 Å². The molecule has 0 bridgehead atoms. The highest BCUT2D eigenvalue weighted by Crippen LogP contribution is 2.26. The Morgan fingerprint density at radius 2 is 2.10 bits per heavy atom. The number of aromatic nitrogens is 1. The number of nitrogens with zero attached hydrogens (tertiary/aromatic N) is 1. The number of hydrogen-bond acceptors (Lipinski definition) is 4. The van der Waals surface area contributed by atoms with Crippen LogP contribution in [0.25, 0.3) is 11.1 Å². The lowest BCUT2D eigenvalue weighted by Crippen LogP contribution is -2.13. The van der Waals surface area contributed by atoms with Crippen LogP contribution in [0.5, 0.6) is 0 Å². The molecule has 5 heteroatoms. The minimum absolute atomic E-state index is 0.363. The van der Waals surface area contributed by atoms with Crippen LogP contribution in [0, 0.1) is 6.92 Å². The molecule has 1 unspecified atom stereocenters. The summed E-state index contributed by atoms with van der Waals surface area (Å²) in [5.41, 5.74) is 2.59. The van der Waals surface area contributed by atoms with Crippen LogP contribution in [0.3, 0.4) is 0 Å². The van der Waals surface area contributed by atoms with Gasteiger partial charge in [0.25, 0.3) is 0 Å². The Labute approximate surface area is 121 Å². The SMILES string of the molecule is CCCn1c(=O)oc2cc(C(O)c3coc(C)c3)ccc21. The average molecular weight is 287 g/mol. The number of aliphatic hydroxyl groups excluding tert-OH is 1. The molecule has 1 atom stereocenters.